The second-order valence-corrected chi connectivity index (χ2v) is 3.65. The number of hydrogen-bond donors (Lipinski definition) is 2. The zero-order valence-corrected chi connectivity index (χ0v) is 7.89. The summed E-state index contributed by atoms with van der Waals surface area (Å²) in [5, 5.41) is 6.85. The van der Waals surface area contributed by atoms with Gasteiger partial charge in [0.25, 0.3) is 0 Å². The molecule has 1 atom stereocenters. The predicted molar refractivity (Wildman–Crippen MR) is 48.2 cm³/mol. The lowest BCUT2D eigenvalue weighted by Crippen LogP contribution is -2.18. The SMILES string of the molecule is C[C@H](N)CSc1n[nH]c(=O)n1C. The van der Waals surface area contributed by atoms with Crippen LogP contribution in [0.1, 0.15) is 6.92 Å². The van der Waals surface area contributed by atoms with Crippen LogP contribution in [-0.4, -0.2) is 26.6 Å². The fraction of sp³-hybridized carbons (Fsp3) is 0.667. The number of nitrogens with zero attached hydrogens (tertiary/aromatic N) is 2. The van der Waals surface area contributed by atoms with E-state index in [-0.39, 0.29) is 11.7 Å². The molecule has 0 amide bonds. The zero-order chi connectivity index (χ0) is 9.14. The van der Waals surface area contributed by atoms with Gasteiger partial charge in [0.05, 0.1) is 0 Å². The Kier molecular flexibility index (Phi) is 2.93. The molecule has 0 fully saturated rings. The van der Waals surface area contributed by atoms with Crippen molar-refractivity contribution in [2.45, 2.75) is 18.1 Å². The first-order chi connectivity index (χ1) is 5.61. The van der Waals surface area contributed by atoms with Gasteiger partial charge < -0.3 is 5.73 Å². The van der Waals surface area contributed by atoms with E-state index in [4.69, 9.17) is 5.73 Å². The predicted octanol–water partition coefficient (Wildman–Crippen LogP) is -0.452. The largest absolute Gasteiger partial charge is 0.343 e. The van der Waals surface area contributed by atoms with E-state index in [0.29, 0.717) is 5.16 Å². The quantitative estimate of drug-likeness (QED) is 0.630. The molecule has 0 unspecified atom stereocenters. The van der Waals surface area contributed by atoms with Crippen molar-refractivity contribution in [3.63, 3.8) is 0 Å². The summed E-state index contributed by atoms with van der Waals surface area (Å²) in [4.78, 5) is 10.9. The summed E-state index contributed by atoms with van der Waals surface area (Å²) in [5.74, 6) is 0.762. The highest BCUT2D eigenvalue weighted by Gasteiger charge is 2.04. The van der Waals surface area contributed by atoms with Crippen LogP contribution in [-0.2, 0) is 7.05 Å². The number of rotatable bonds is 3. The van der Waals surface area contributed by atoms with Crippen molar-refractivity contribution in [3.8, 4) is 0 Å². The number of aromatic amines is 1. The van der Waals surface area contributed by atoms with Crippen LogP contribution in [0.4, 0.5) is 0 Å². The van der Waals surface area contributed by atoms with Gasteiger partial charge >= 0.3 is 5.69 Å². The van der Waals surface area contributed by atoms with E-state index >= 15 is 0 Å². The van der Waals surface area contributed by atoms with E-state index in [9.17, 15) is 4.79 Å². The maximum atomic E-state index is 10.9. The summed E-state index contributed by atoms with van der Waals surface area (Å²) in [7, 11) is 1.68. The third-order valence-electron chi connectivity index (χ3n) is 1.31. The summed E-state index contributed by atoms with van der Waals surface area (Å²) in [6.07, 6.45) is 0. The summed E-state index contributed by atoms with van der Waals surface area (Å²) in [5.41, 5.74) is 5.36. The number of nitrogens with two attached hydrogens (primary N) is 1. The first kappa shape index (κ1) is 9.34. The van der Waals surface area contributed by atoms with Crippen LogP contribution in [0.2, 0.25) is 0 Å². The van der Waals surface area contributed by atoms with E-state index in [1.165, 1.54) is 16.3 Å². The summed E-state index contributed by atoms with van der Waals surface area (Å²) < 4.78 is 1.47. The normalized spacial score (nSPS) is 13.2. The van der Waals surface area contributed by atoms with Crippen molar-refractivity contribution in [2.75, 3.05) is 5.75 Å². The Morgan fingerprint density at radius 1 is 1.83 bits per heavy atom. The molecule has 0 aromatic carbocycles. The molecule has 5 nitrogen and oxygen atoms in total. The van der Waals surface area contributed by atoms with Crippen molar-refractivity contribution < 1.29 is 0 Å². The van der Waals surface area contributed by atoms with Crippen LogP contribution in [0.25, 0.3) is 0 Å². The van der Waals surface area contributed by atoms with Crippen LogP contribution < -0.4 is 11.4 Å². The van der Waals surface area contributed by atoms with Crippen molar-refractivity contribution in [1.82, 2.24) is 14.8 Å². The van der Waals surface area contributed by atoms with Crippen LogP contribution in [0.3, 0.4) is 0 Å². The number of hydrogen-bond acceptors (Lipinski definition) is 4. The van der Waals surface area contributed by atoms with Gasteiger partial charge in [-0.3, -0.25) is 4.57 Å². The van der Waals surface area contributed by atoms with Gasteiger partial charge in [-0.15, -0.1) is 5.10 Å². The average molecular weight is 188 g/mol. The Hall–Kier alpha value is -0.750. The van der Waals surface area contributed by atoms with Crippen LogP contribution >= 0.6 is 11.8 Å². The Morgan fingerprint density at radius 2 is 2.50 bits per heavy atom. The van der Waals surface area contributed by atoms with Crippen molar-refractivity contribution in [3.05, 3.63) is 10.5 Å². The van der Waals surface area contributed by atoms with Gasteiger partial charge in [0.2, 0.25) is 0 Å². The number of thioether (sulfide) groups is 1. The van der Waals surface area contributed by atoms with E-state index in [1.807, 2.05) is 6.92 Å². The molecule has 0 bridgehead atoms. The molecule has 1 aromatic heterocycles. The molecule has 0 saturated heterocycles. The standard InChI is InChI=1S/C6H12N4OS/c1-4(7)3-12-6-9-8-5(11)10(6)2/h4H,3,7H2,1-2H3,(H,8,11)/t4-/m0/s1. The number of H-pyrrole nitrogens is 1. The first-order valence-electron chi connectivity index (χ1n) is 3.61. The molecule has 1 rings (SSSR count). The van der Waals surface area contributed by atoms with Gasteiger partial charge in [-0.05, 0) is 6.92 Å². The molecule has 3 N–H and O–H groups in total. The second kappa shape index (κ2) is 3.77. The minimum atomic E-state index is -0.192. The maximum Gasteiger partial charge on any atom is 0.343 e. The van der Waals surface area contributed by atoms with Crippen molar-refractivity contribution in [2.24, 2.45) is 12.8 Å². The lowest BCUT2D eigenvalue weighted by Gasteiger charge is -2.02. The number of aromatic nitrogens is 3. The highest BCUT2D eigenvalue weighted by molar-refractivity contribution is 7.99. The number of nitrogens with one attached hydrogen (secondary N) is 1. The Balaban J connectivity index is 2.64. The molecule has 1 aromatic rings. The van der Waals surface area contributed by atoms with Gasteiger partial charge in [-0.2, -0.15) is 0 Å². The molecule has 0 aliphatic carbocycles. The molecule has 68 valence electrons. The summed E-state index contributed by atoms with van der Waals surface area (Å²) in [6.45, 7) is 1.91. The van der Waals surface area contributed by atoms with E-state index in [0.717, 1.165) is 5.75 Å². The second-order valence-electron chi connectivity index (χ2n) is 2.66. The fourth-order valence-corrected chi connectivity index (χ4v) is 1.47. The highest BCUT2D eigenvalue weighted by atomic mass is 32.2. The molecule has 0 radical (unpaired) electrons. The summed E-state index contributed by atoms with van der Waals surface area (Å²) >= 11 is 1.47. The van der Waals surface area contributed by atoms with E-state index in [1.54, 1.807) is 7.05 Å². The molecular weight excluding hydrogens is 176 g/mol. The molecule has 0 spiro atoms. The van der Waals surface area contributed by atoms with Gasteiger partial charge in [0, 0.05) is 18.8 Å². The van der Waals surface area contributed by atoms with Crippen LogP contribution in [0.15, 0.2) is 9.95 Å². The third kappa shape index (κ3) is 2.12. The molecule has 0 saturated carbocycles. The van der Waals surface area contributed by atoms with Crippen LogP contribution in [0.5, 0.6) is 0 Å². The highest BCUT2D eigenvalue weighted by Crippen LogP contribution is 2.11. The lowest BCUT2D eigenvalue weighted by atomic mass is 10.4. The van der Waals surface area contributed by atoms with Gasteiger partial charge in [-0.25, -0.2) is 9.89 Å². The molecular formula is C6H12N4OS. The monoisotopic (exact) mass is 188 g/mol. The first-order valence-corrected chi connectivity index (χ1v) is 4.59. The Morgan fingerprint density at radius 3 is 2.92 bits per heavy atom. The summed E-state index contributed by atoms with van der Waals surface area (Å²) in [6, 6.07) is 0.113. The minimum absolute atomic E-state index is 0.113. The van der Waals surface area contributed by atoms with Gasteiger partial charge in [0.1, 0.15) is 0 Å². The Bertz CT molecular complexity index is 303. The van der Waals surface area contributed by atoms with Crippen molar-refractivity contribution >= 4 is 11.8 Å². The molecule has 12 heavy (non-hydrogen) atoms. The third-order valence-corrected chi connectivity index (χ3v) is 2.63. The average Bonchev–Trinajstić information content (AvgIpc) is 2.30. The van der Waals surface area contributed by atoms with Gasteiger partial charge in [-0.1, -0.05) is 11.8 Å². The molecule has 0 aliphatic rings. The maximum absolute atomic E-state index is 10.9. The fourth-order valence-electron chi connectivity index (χ4n) is 0.668. The molecule has 1 heterocycles. The minimum Gasteiger partial charge on any atom is -0.327 e. The van der Waals surface area contributed by atoms with Crippen molar-refractivity contribution in [1.29, 1.82) is 0 Å². The van der Waals surface area contributed by atoms with Crippen LogP contribution in [0, 0.1) is 0 Å². The smallest absolute Gasteiger partial charge is 0.327 e. The zero-order valence-electron chi connectivity index (χ0n) is 7.07. The lowest BCUT2D eigenvalue weighted by molar-refractivity contribution is 0.761. The Labute approximate surface area is 74.3 Å². The van der Waals surface area contributed by atoms with E-state index < -0.39 is 0 Å². The molecule has 6 heteroatoms. The van der Waals surface area contributed by atoms with E-state index in [2.05, 4.69) is 10.2 Å². The van der Waals surface area contributed by atoms with Gasteiger partial charge in [0.15, 0.2) is 5.16 Å². The molecule has 0 aliphatic heterocycles. The topological polar surface area (TPSA) is 76.7 Å².